The van der Waals surface area contributed by atoms with Gasteiger partial charge in [0.2, 0.25) is 0 Å². The number of nitrogen functional groups attached to an aromatic ring is 1. The molecule has 6 nitrogen and oxygen atoms in total. The van der Waals surface area contributed by atoms with E-state index in [1.54, 1.807) is 24.3 Å². The summed E-state index contributed by atoms with van der Waals surface area (Å²) in [4.78, 5) is 0.701. The van der Waals surface area contributed by atoms with Gasteiger partial charge in [-0.15, -0.1) is 0 Å². The molecule has 0 unspecified atom stereocenters. The Kier molecular flexibility index (Phi) is 4.67. The van der Waals surface area contributed by atoms with Crippen LogP contribution in [-0.4, -0.2) is 56.9 Å². The first kappa shape index (κ1) is 14.6. The summed E-state index contributed by atoms with van der Waals surface area (Å²) in [5.74, 6) is 0. The fraction of sp³-hybridized carbons (Fsp3) is 0.500. The average Bonchev–Trinajstić information content (AvgIpc) is 2.41. The number of aliphatic hydroxyl groups is 4. The summed E-state index contributed by atoms with van der Waals surface area (Å²) in [6.07, 6.45) is -4.87. The highest BCUT2D eigenvalue weighted by Crippen LogP contribution is 2.35. The van der Waals surface area contributed by atoms with Crippen LogP contribution in [0, 0.1) is 0 Å². The predicted molar refractivity (Wildman–Crippen MR) is 70.5 cm³/mol. The average molecular weight is 287 g/mol. The smallest absolute Gasteiger partial charge is 0.136 e. The number of hydrogen-bond acceptors (Lipinski definition) is 7. The fourth-order valence-corrected chi connectivity index (χ4v) is 2.99. The third kappa shape index (κ3) is 3.02. The van der Waals surface area contributed by atoms with E-state index in [1.807, 2.05) is 0 Å². The molecule has 0 radical (unpaired) electrons. The molecule has 1 heterocycles. The van der Waals surface area contributed by atoms with Crippen LogP contribution in [0.25, 0.3) is 0 Å². The van der Waals surface area contributed by atoms with Crippen LogP contribution in [0.3, 0.4) is 0 Å². The number of benzene rings is 1. The van der Waals surface area contributed by atoms with Gasteiger partial charge in [0.15, 0.2) is 0 Å². The minimum atomic E-state index is -1.37. The zero-order valence-corrected chi connectivity index (χ0v) is 10.9. The summed E-state index contributed by atoms with van der Waals surface area (Å²) in [6.45, 7) is -0.438. The quantitative estimate of drug-likeness (QED) is 0.460. The standard InChI is InChI=1S/C12H17NO5S/c13-6-3-1-2-4-8(6)19-12-11(17)10(16)9(15)7(5-14)18-12/h1-4,7,9-12,14-17H,5,13H2/t7-,9+,10+,11-,12+/m1/s1. The molecule has 2 rings (SSSR count). The van der Waals surface area contributed by atoms with E-state index in [0.717, 1.165) is 11.8 Å². The molecule has 1 fully saturated rings. The van der Waals surface area contributed by atoms with Crippen molar-refractivity contribution in [3.8, 4) is 0 Å². The van der Waals surface area contributed by atoms with Gasteiger partial charge in [0.25, 0.3) is 0 Å². The zero-order chi connectivity index (χ0) is 14.0. The second-order valence-corrected chi connectivity index (χ2v) is 5.49. The predicted octanol–water partition coefficient (Wildman–Crippen LogP) is -0.839. The van der Waals surface area contributed by atoms with Crippen molar-refractivity contribution < 1.29 is 25.2 Å². The van der Waals surface area contributed by atoms with Crippen molar-refractivity contribution in [3.63, 3.8) is 0 Å². The van der Waals surface area contributed by atoms with E-state index in [1.165, 1.54) is 0 Å². The molecule has 0 spiro atoms. The summed E-state index contributed by atoms with van der Waals surface area (Å²) in [5.41, 5.74) is 5.52. The van der Waals surface area contributed by atoms with E-state index >= 15 is 0 Å². The van der Waals surface area contributed by atoms with Gasteiger partial charge in [0.1, 0.15) is 29.9 Å². The Labute approximate surface area is 114 Å². The minimum absolute atomic E-state index is 0.438. The van der Waals surface area contributed by atoms with Crippen LogP contribution in [0.15, 0.2) is 29.2 Å². The number of thioether (sulfide) groups is 1. The van der Waals surface area contributed by atoms with Crippen LogP contribution < -0.4 is 5.73 Å². The first-order valence-corrected chi connectivity index (χ1v) is 6.74. The van der Waals surface area contributed by atoms with Gasteiger partial charge in [-0.2, -0.15) is 0 Å². The van der Waals surface area contributed by atoms with Gasteiger partial charge in [0, 0.05) is 10.6 Å². The van der Waals surface area contributed by atoms with Crippen molar-refractivity contribution in [2.75, 3.05) is 12.3 Å². The van der Waals surface area contributed by atoms with Crippen molar-refractivity contribution >= 4 is 17.4 Å². The Bertz CT molecular complexity index is 430. The van der Waals surface area contributed by atoms with Crippen LogP contribution in [0.1, 0.15) is 0 Å². The summed E-state index contributed by atoms with van der Waals surface area (Å²) in [6, 6.07) is 7.06. The monoisotopic (exact) mass is 287 g/mol. The largest absolute Gasteiger partial charge is 0.398 e. The Balaban J connectivity index is 2.13. The highest BCUT2D eigenvalue weighted by atomic mass is 32.2. The van der Waals surface area contributed by atoms with Gasteiger partial charge in [-0.1, -0.05) is 23.9 Å². The second-order valence-electron chi connectivity index (χ2n) is 4.35. The molecular formula is C12H17NO5S. The number of aliphatic hydroxyl groups excluding tert-OH is 4. The number of para-hydroxylation sites is 1. The molecule has 0 bridgehead atoms. The normalized spacial score (nSPS) is 35.3. The lowest BCUT2D eigenvalue weighted by Crippen LogP contribution is -2.57. The lowest BCUT2D eigenvalue weighted by atomic mass is 10.0. The van der Waals surface area contributed by atoms with Gasteiger partial charge in [-0.25, -0.2) is 0 Å². The van der Waals surface area contributed by atoms with Gasteiger partial charge >= 0.3 is 0 Å². The maximum Gasteiger partial charge on any atom is 0.136 e. The first-order chi connectivity index (χ1) is 9.04. The summed E-state index contributed by atoms with van der Waals surface area (Å²) in [7, 11) is 0. The highest BCUT2D eigenvalue weighted by molar-refractivity contribution is 8.00. The fourth-order valence-electron chi connectivity index (χ4n) is 1.88. The van der Waals surface area contributed by atoms with Gasteiger partial charge < -0.3 is 30.9 Å². The Morgan fingerprint density at radius 2 is 1.79 bits per heavy atom. The van der Waals surface area contributed by atoms with Gasteiger partial charge in [0.05, 0.1) is 6.61 Å². The zero-order valence-electron chi connectivity index (χ0n) is 10.1. The number of hydrogen-bond donors (Lipinski definition) is 5. The van der Waals surface area contributed by atoms with Crippen molar-refractivity contribution in [1.82, 2.24) is 0 Å². The SMILES string of the molecule is Nc1ccccc1S[C@@H]1O[C@H](CO)[C@H](O)[C@H](O)[C@H]1O. The molecule has 7 heteroatoms. The number of anilines is 1. The van der Waals surface area contributed by atoms with Gasteiger partial charge in [-0.3, -0.25) is 0 Å². The van der Waals surface area contributed by atoms with Crippen molar-refractivity contribution in [1.29, 1.82) is 0 Å². The first-order valence-electron chi connectivity index (χ1n) is 5.86. The lowest BCUT2D eigenvalue weighted by Gasteiger charge is -2.39. The summed E-state index contributed by atoms with van der Waals surface area (Å²) in [5, 5.41) is 38.3. The molecule has 0 aromatic heterocycles. The Morgan fingerprint density at radius 3 is 2.42 bits per heavy atom. The van der Waals surface area contributed by atoms with Crippen LogP contribution in [0.5, 0.6) is 0 Å². The maximum absolute atomic E-state index is 9.90. The van der Waals surface area contributed by atoms with Crippen LogP contribution in [-0.2, 0) is 4.74 Å². The van der Waals surface area contributed by atoms with Crippen LogP contribution in [0.2, 0.25) is 0 Å². The molecule has 0 amide bonds. The minimum Gasteiger partial charge on any atom is -0.398 e. The van der Waals surface area contributed by atoms with Crippen molar-refractivity contribution in [2.45, 2.75) is 34.7 Å². The molecule has 1 saturated heterocycles. The molecule has 0 aliphatic carbocycles. The number of ether oxygens (including phenoxy) is 1. The Hall–Kier alpha value is -0.830. The van der Waals surface area contributed by atoms with Gasteiger partial charge in [-0.05, 0) is 12.1 Å². The second kappa shape index (κ2) is 6.08. The van der Waals surface area contributed by atoms with Crippen LogP contribution >= 0.6 is 11.8 Å². The third-order valence-corrected chi connectivity index (χ3v) is 4.26. The molecule has 0 saturated carbocycles. The highest BCUT2D eigenvalue weighted by Gasteiger charge is 2.43. The molecule has 1 aromatic rings. The molecule has 5 atom stereocenters. The van der Waals surface area contributed by atoms with E-state index in [2.05, 4.69) is 0 Å². The molecule has 6 N–H and O–H groups in total. The topological polar surface area (TPSA) is 116 Å². The Morgan fingerprint density at radius 1 is 1.11 bits per heavy atom. The number of rotatable bonds is 3. The molecule has 1 aliphatic heterocycles. The van der Waals surface area contributed by atoms with E-state index in [9.17, 15) is 15.3 Å². The summed E-state index contributed by atoms with van der Waals surface area (Å²) < 4.78 is 5.39. The van der Waals surface area contributed by atoms with Crippen molar-refractivity contribution in [3.05, 3.63) is 24.3 Å². The van der Waals surface area contributed by atoms with E-state index in [4.69, 9.17) is 15.6 Å². The number of nitrogens with two attached hydrogens (primary N) is 1. The molecule has 106 valence electrons. The van der Waals surface area contributed by atoms with Crippen LogP contribution in [0.4, 0.5) is 5.69 Å². The van der Waals surface area contributed by atoms with E-state index in [0.29, 0.717) is 10.6 Å². The van der Waals surface area contributed by atoms with E-state index < -0.39 is 36.5 Å². The van der Waals surface area contributed by atoms with Crippen molar-refractivity contribution in [2.24, 2.45) is 0 Å². The molecular weight excluding hydrogens is 270 g/mol. The maximum atomic E-state index is 9.90. The molecule has 19 heavy (non-hydrogen) atoms. The van der Waals surface area contributed by atoms with E-state index in [-0.39, 0.29) is 0 Å². The molecule has 1 aromatic carbocycles. The third-order valence-electron chi connectivity index (χ3n) is 3.01. The summed E-state index contributed by atoms with van der Waals surface area (Å²) >= 11 is 1.14. The lowest BCUT2D eigenvalue weighted by molar-refractivity contribution is -0.205. The molecule has 1 aliphatic rings.